The second-order valence-corrected chi connectivity index (χ2v) is 5.90. The molecule has 0 saturated carbocycles. The van der Waals surface area contributed by atoms with Crippen LogP contribution in [0.15, 0.2) is 6.07 Å². The maximum Gasteiger partial charge on any atom is 0.242 e. The smallest absolute Gasteiger partial charge is 0.242 e. The second kappa shape index (κ2) is 6.00. The maximum absolute atomic E-state index is 11.7. The summed E-state index contributed by atoms with van der Waals surface area (Å²) < 4.78 is 0. The van der Waals surface area contributed by atoms with E-state index in [9.17, 15) is 4.79 Å². The molecule has 0 saturated heterocycles. The summed E-state index contributed by atoms with van der Waals surface area (Å²) in [4.78, 5) is 11.7. The molecule has 4 N–H and O–H groups in total. The molecule has 0 radical (unpaired) electrons. The number of carbonyl (C=O) groups is 1. The first-order valence-electron chi connectivity index (χ1n) is 6.42. The van der Waals surface area contributed by atoms with Crippen molar-refractivity contribution in [1.82, 2.24) is 10.2 Å². The van der Waals surface area contributed by atoms with E-state index in [0.29, 0.717) is 12.2 Å². The van der Waals surface area contributed by atoms with Crippen molar-refractivity contribution in [3.63, 3.8) is 0 Å². The van der Waals surface area contributed by atoms with Crippen LogP contribution in [0.2, 0.25) is 0 Å². The monoisotopic (exact) mass is 252 g/mol. The number of aromatic amines is 1. The van der Waals surface area contributed by atoms with E-state index >= 15 is 0 Å². The summed E-state index contributed by atoms with van der Waals surface area (Å²) in [6.45, 7) is 8.47. The topological polar surface area (TPSA) is 83.8 Å². The van der Waals surface area contributed by atoms with Crippen LogP contribution in [0.5, 0.6) is 0 Å². The summed E-state index contributed by atoms with van der Waals surface area (Å²) >= 11 is 0. The lowest BCUT2D eigenvalue weighted by molar-refractivity contribution is -0.117. The van der Waals surface area contributed by atoms with Crippen molar-refractivity contribution in [3.8, 4) is 0 Å². The molecule has 0 bridgehead atoms. The Hall–Kier alpha value is -1.36. The van der Waals surface area contributed by atoms with Gasteiger partial charge in [-0.05, 0) is 18.3 Å². The molecule has 18 heavy (non-hydrogen) atoms. The number of nitrogens with zero attached hydrogens (tertiary/aromatic N) is 1. The Morgan fingerprint density at radius 2 is 2.22 bits per heavy atom. The number of nitrogens with one attached hydrogen (secondary N) is 2. The van der Waals surface area contributed by atoms with E-state index in [4.69, 9.17) is 5.73 Å². The minimum Gasteiger partial charge on any atom is -0.320 e. The zero-order valence-corrected chi connectivity index (χ0v) is 11.7. The molecule has 1 atom stereocenters. The van der Waals surface area contributed by atoms with Crippen molar-refractivity contribution in [2.24, 2.45) is 11.1 Å². The van der Waals surface area contributed by atoms with Crippen molar-refractivity contribution < 1.29 is 4.79 Å². The number of rotatable bonds is 5. The Bertz CT molecular complexity index is 392. The van der Waals surface area contributed by atoms with E-state index in [2.05, 4.69) is 36.3 Å². The number of H-pyrrole nitrogens is 1. The highest BCUT2D eigenvalue weighted by Crippen LogP contribution is 2.20. The highest BCUT2D eigenvalue weighted by molar-refractivity contribution is 5.93. The van der Waals surface area contributed by atoms with E-state index in [1.54, 1.807) is 0 Å². The van der Waals surface area contributed by atoms with Crippen LogP contribution >= 0.6 is 0 Å². The van der Waals surface area contributed by atoms with Gasteiger partial charge in [-0.2, -0.15) is 5.10 Å². The molecule has 0 aliphatic carbocycles. The summed E-state index contributed by atoms with van der Waals surface area (Å²) in [5, 5.41) is 9.73. The van der Waals surface area contributed by atoms with E-state index in [1.807, 2.05) is 13.0 Å². The minimum absolute atomic E-state index is 0.175. The lowest BCUT2D eigenvalue weighted by Crippen LogP contribution is -2.35. The third-order valence-corrected chi connectivity index (χ3v) is 2.54. The van der Waals surface area contributed by atoms with Gasteiger partial charge in [0, 0.05) is 11.8 Å². The van der Waals surface area contributed by atoms with E-state index < -0.39 is 6.04 Å². The largest absolute Gasteiger partial charge is 0.320 e. The molecule has 0 aliphatic rings. The van der Waals surface area contributed by atoms with Gasteiger partial charge < -0.3 is 11.1 Å². The lowest BCUT2D eigenvalue weighted by atomic mass is 9.91. The molecule has 102 valence electrons. The Balaban J connectivity index is 2.56. The molecular formula is C13H24N4O. The Morgan fingerprint density at radius 3 is 2.78 bits per heavy atom. The summed E-state index contributed by atoms with van der Waals surface area (Å²) in [7, 11) is 0. The highest BCUT2D eigenvalue weighted by Gasteiger charge is 2.16. The number of aromatic nitrogens is 2. The van der Waals surface area contributed by atoms with Crippen molar-refractivity contribution in [1.29, 1.82) is 0 Å². The van der Waals surface area contributed by atoms with Crippen LogP contribution in [-0.4, -0.2) is 22.1 Å². The first-order valence-corrected chi connectivity index (χ1v) is 6.42. The van der Waals surface area contributed by atoms with Crippen LogP contribution in [0.1, 0.15) is 46.2 Å². The minimum atomic E-state index is -0.460. The Morgan fingerprint density at radius 1 is 1.56 bits per heavy atom. The third kappa shape index (κ3) is 4.87. The van der Waals surface area contributed by atoms with E-state index in [1.165, 1.54) is 0 Å². The highest BCUT2D eigenvalue weighted by atomic mass is 16.2. The van der Waals surface area contributed by atoms with E-state index in [0.717, 1.165) is 18.5 Å². The van der Waals surface area contributed by atoms with Gasteiger partial charge in [-0.25, -0.2) is 0 Å². The summed E-state index contributed by atoms with van der Waals surface area (Å²) in [5.74, 6) is 0.372. The molecule has 5 nitrogen and oxygen atoms in total. The standard InChI is InChI=1S/C13H24N4O/c1-5-6-10(14)12(18)15-11-7-9(16-17-11)8-13(2,3)4/h7,10H,5-6,8,14H2,1-4H3,(H2,15,16,17,18). The molecule has 0 aliphatic heterocycles. The van der Waals surface area contributed by atoms with Gasteiger partial charge in [0.05, 0.1) is 6.04 Å². The van der Waals surface area contributed by atoms with Gasteiger partial charge in [-0.3, -0.25) is 9.89 Å². The molecular weight excluding hydrogens is 228 g/mol. The van der Waals surface area contributed by atoms with Crippen LogP contribution in [0.25, 0.3) is 0 Å². The summed E-state index contributed by atoms with van der Waals surface area (Å²) in [6.07, 6.45) is 2.46. The number of amides is 1. The fourth-order valence-corrected chi connectivity index (χ4v) is 1.75. The number of nitrogens with two attached hydrogens (primary N) is 1. The molecule has 0 aromatic carbocycles. The van der Waals surface area contributed by atoms with Gasteiger partial charge in [0.2, 0.25) is 5.91 Å². The molecule has 5 heteroatoms. The van der Waals surface area contributed by atoms with Gasteiger partial charge >= 0.3 is 0 Å². The number of hydrogen-bond acceptors (Lipinski definition) is 3. The van der Waals surface area contributed by atoms with E-state index in [-0.39, 0.29) is 11.3 Å². The fraction of sp³-hybridized carbons (Fsp3) is 0.692. The predicted octanol–water partition coefficient (Wildman–Crippen LogP) is 2.06. The van der Waals surface area contributed by atoms with Crippen LogP contribution in [0.3, 0.4) is 0 Å². The van der Waals surface area contributed by atoms with Crippen molar-refractivity contribution >= 4 is 11.7 Å². The van der Waals surface area contributed by atoms with Gasteiger partial charge in [0.25, 0.3) is 0 Å². The molecule has 1 amide bonds. The molecule has 1 aromatic heterocycles. The molecule has 1 aromatic rings. The molecule has 1 unspecified atom stereocenters. The van der Waals surface area contributed by atoms with Crippen LogP contribution in [0.4, 0.5) is 5.82 Å². The first-order chi connectivity index (χ1) is 8.31. The summed E-state index contributed by atoms with van der Waals surface area (Å²) in [6, 6.07) is 1.40. The van der Waals surface area contributed by atoms with Gasteiger partial charge in [-0.15, -0.1) is 0 Å². The third-order valence-electron chi connectivity index (χ3n) is 2.54. The predicted molar refractivity (Wildman–Crippen MR) is 73.3 cm³/mol. The average Bonchev–Trinajstić information content (AvgIpc) is 2.63. The normalized spacial score (nSPS) is 13.4. The van der Waals surface area contributed by atoms with Crippen LogP contribution in [0, 0.1) is 5.41 Å². The lowest BCUT2D eigenvalue weighted by Gasteiger charge is -2.15. The van der Waals surface area contributed by atoms with Gasteiger partial charge in [0.1, 0.15) is 0 Å². The van der Waals surface area contributed by atoms with Crippen LogP contribution in [-0.2, 0) is 11.2 Å². The first kappa shape index (κ1) is 14.7. The zero-order valence-electron chi connectivity index (χ0n) is 11.7. The molecule has 1 heterocycles. The van der Waals surface area contributed by atoms with Crippen molar-refractivity contribution in [3.05, 3.63) is 11.8 Å². The van der Waals surface area contributed by atoms with Crippen molar-refractivity contribution in [2.45, 2.75) is 53.0 Å². The maximum atomic E-state index is 11.7. The molecule has 0 spiro atoms. The quantitative estimate of drug-likeness (QED) is 0.750. The number of carbonyl (C=O) groups excluding carboxylic acids is 1. The summed E-state index contributed by atoms with van der Waals surface area (Å²) in [5.41, 5.74) is 6.94. The zero-order chi connectivity index (χ0) is 13.8. The Labute approximate surface area is 109 Å². The second-order valence-electron chi connectivity index (χ2n) is 5.90. The van der Waals surface area contributed by atoms with Gasteiger partial charge in [-0.1, -0.05) is 34.1 Å². The average molecular weight is 252 g/mol. The number of hydrogen-bond donors (Lipinski definition) is 3. The van der Waals surface area contributed by atoms with Crippen LogP contribution < -0.4 is 11.1 Å². The molecule has 0 fully saturated rings. The Kier molecular flexibility index (Phi) is 4.90. The molecule has 1 rings (SSSR count). The van der Waals surface area contributed by atoms with Gasteiger partial charge in [0.15, 0.2) is 5.82 Å². The SMILES string of the molecule is CCCC(N)C(=O)Nc1cc(CC(C)(C)C)[nH]n1. The number of anilines is 1. The van der Waals surface area contributed by atoms with Crippen molar-refractivity contribution in [2.75, 3.05) is 5.32 Å². The fourth-order valence-electron chi connectivity index (χ4n) is 1.75.